The molecule has 3 nitrogen and oxygen atoms in total. The van der Waals surface area contributed by atoms with Crippen LogP contribution in [0, 0.1) is 11.8 Å². The number of fused-ring (bicyclic) bond motifs is 1. The Balaban J connectivity index is 1.75. The SMILES string of the molecule is CC1CC(OCC2C=CC=CC2)=C2OCCC2=C1C=O. The molecular weight excluding hydrogens is 252 g/mol. The van der Waals surface area contributed by atoms with Crippen LogP contribution >= 0.6 is 0 Å². The van der Waals surface area contributed by atoms with Crippen LogP contribution in [-0.4, -0.2) is 19.5 Å². The number of aldehydes is 1. The van der Waals surface area contributed by atoms with Gasteiger partial charge >= 0.3 is 0 Å². The van der Waals surface area contributed by atoms with Gasteiger partial charge in [0.1, 0.15) is 12.0 Å². The Bertz CT molecular complexity index is 522. The molecule has 106 valence electrons. The molecule has 2 aliphatic carbocycles. The lowest BCUT2D eigenvalue weighted by atomic mass is 9.86. The van der Waals surface area contributed by atoms with Crippen LogP contribution in [0.3, 0.4) is 0 Å². The first-order valence-electron chi connectivity index (χ1n) is 7.30. The van der Waals surface area contributed by atoms with Gasteiger partial charge in [0.15, 0.2) is 5.76 Å². The molecule has 0 aromatic rings. The summed E-state index contributed by atoms with van der Waals surface area (Å²) in [5, 5.41) is 0. The first-order valence-corrected chi connectivity index (χ1v) is 7.30. The highest BCUT2D eigenvalue weighted by Gasteiger charge is 2.32. The quantitative estimate of drug-likeness (QED) is 0.737. The van der Waals surface area contributed by atoms with Crippen molar-refractivity contribution in [2.45, 2.75) is 26.2 Å². The van der Waals surface area contributed by atoms with Crippen LogP contribution in [-0.2, 0) is 14.3 Å². The van der Waals surface area contributed by atoms with E-state index in [1.165, 1.54) is 0 Å². The Morgan fingerprint density at radius 1 is 1.45 bits per heavy atom. The van der Waals surface area contributed by atoms with Gasteiger partial charge < -0.3 is 9.47 Å². The maximum Gasteiger partial charge on any atom is 0.160 e. The molecule has 0 aromatic carbocycles. The molecule has 0 amide bonds. The summed E-state index contributed by atoms with van der Waals surface area (Å²) in [6, 6.07) is 0. The first kappa shape index (κ1) is 13.2. The first-order chi connectivity index (χ1) is 9.79. The fraction of sp³-hybridized carbons (Fsp3) is 0.471. The highest BCUT2D eigenvalue weighted by Crippen LogP contribution is 2.40. The van der Waals surface area contributed by atoms with Crippen molar-refractivity contribution in [1.29, 1.82) is 0 Å². The molecule has 20 heavy (non-hydrogen) atoms. The van der Waals surface area contributed by atoms with Crippen molar-refractivity contribution in [2.24, 2.45) is 11.8 Å². The average Bonchev–Trinajstić information content (AvgIpc) is 2.95. The van der Waals surface area contributed by atoms with Gasteiger partial charge in [0.25, 0.3) is 0 Å². The van der Waals surface area contributed by atoms with Crippen molar-refractivity contribution in [1.82, 2.24) is 0 Å². The third-order valence-electron chi connectivity index (χ3n) is 4.16. The Morgan fingerprint density at radius 3 is 3.10 bits per heavy atom. The summed E-state index contributed by atoms with van der Waals surface area (Å²) < 4.78 is 11.7. The van der Waals surface area contributed by atoms with E-state index in [0.717, 1.165) is 48.2 Å². The number of hydrogen-bond acceptors (Lipinski definition) is 3. The van der Waals surface area contributed by atoms with Crippen molar-refractivity contribution in [3.63, 3.8) is 0 Å². The Hall–Kier alpha value is -1.77. The minimum atomic E-state index is 0.227. The molecule has 0 bridgehead atoms. The zero-order valence-corrected chi connectivity index (χ0v) is 11.8. The van der Waals surface area contributed by atoms with Crippen molar-refractivity contribution in [3.05, 3.63) is 47.0 Å². The molecule has 0 aromatic heterocycles. The predicted octanol–water partition coefficient (Wildman–Crippen LogP) is 3.30. The normalized spacial score (nSPS) is 28.4. The van der Waals surface area contributed by atoms with E-state index in [4.69, 9.17) is 9.47 Å². The second-order valence-corrected chi connectivity index (χ2v) is 5.63. The minimum absolute atomic E-state index is 0.227. The van der Waals surface area contributed by atoms with E-state index in [1.807, 2.05) is 0 Å². The number of allylic oxidation sites excluding steroid dienone is 6. The van der Waals surface area contributed by atoms with Crippen LogP contribution < -0.4 is 0 Å². The van der Waals surface area contributed by atoms with E-state index in [0.29, 0.717) is 19.1 Å². The summed E-state index contributed by atoms with van der Waals surface area (Å²) in [7, 11) is 0. The van der Waals surface area contributed by atoms with Gasteiger partial charge in [0, 0.05) is 29.9 Å². The fourth-order valence-corrected chi connectivity index (χ4v) is 3.03. The highest BCUT2D eigenvalue weighted by atomic mass is 16.5. The van der Waals surface area contributed by atoms with Crippen molar-refractivity contribution in [2.75, 3.05) is 13.2 Å². The van der Waals surface area contributed by atoms with E-state index in [1.54, 1.807) is 0 Å². The van der Waals surface area contributed by atoms with Crippen molar-refractivity contribution < 1.29 is 14.3 Å². The molecule has 0 spiro atoms. The summed E-state index contributed by atoms with van der Waals surface area (Å²) in [5.41, 5.74) is 1.96. The van der Waals surface area contributed by atoms with E-state index < -0.39 is 0 Å². The van der Waals surface area contributed by atoms with Crippen molar-refractivity contribution in [3.8, 4) is 0 Å². The number of hydrogen-bond donors (Lipinski definition) is 0. The topological polar surface area (TPSA) is 35.5 Å². The largest absolute Gasteiger partial charge is 0.493 e. The molecule has 3 heteroatoms. The third-order valence-corrected chi connectivity index (χ3v) is 4.16. The van der Waals surface area contributed by atoms with Crippen LogP contribution in [0.2, 0.25) is 0 Å². The van der Waals surface area contributed by atoms with Crippen LogP contribution in [0.15, 0.2) is 47.0 Å². The molecule has 3 rings (SSSR count). The van der Waals surface area contributed by atoms with Crippen LogP contribution in [0.25, 0.3) is 0 Å². The number of carbonyl (C=O) groups is 1. The Morgan fingerprint density at radius 2 is 2.35 bits per heavy atom. The molecule has 1 heterocycles. The second-order valence-electron chi connectivity index (χ2n) is 5.63. The summed E-state index contributed by atoms with van der Waals surface area (Å²) in [6.45, 7) is 3.42. The van der Waals surface area contributed by atoms with Gasteiger partial charge in [-0.25, -0.2) is 0 Å². The standard InChI is InChI=1S/C17H20O3/c1-12-9-16(20-11-13-5-3-2-4-6-13)17-14(7-8-19-17)15(12)10-18/h2-5,10,12-13H,6-9,11H2,1H3. The molecule has 1 fully saturated rings. The van der Waals surface area contributed by atoms with Gasteiger partial charge in [-0.2, -0.15) is 0 Å². The zero-order chi connectivity index (χ0) is 13.9. The lowest BCUT2D eigenvalue weighted by Crippen LogP contribution is -2.17. The smallest absolute Gasteiger partial charge is 0.160 e. The van der Waals surface area contributed by atoms with E-state index in [2.05, 4.69) is 31.2 Å². The van der Waals surface area contributed by atoms with E-state index >= 15 is 0 Å². The van der Waals surface area contributed by atoms with Gasteiger partial charge in [0.2, 0.25) is 0 Å². The third kappa shape index (κ3) is 2.45. The van der Waals surface area contributed by atoms with Crippen molar-refractivity contribution >= 4 is 6.29 Å². The van der Waals surface area contributed by atoms with Crippen LogP contribution in [0.1, 0.15) is 26.2 Å². The minimum Gasteiger partial charge on any atom is -0.493 e. The average molecular weight is 272 g/mol. The van der Waals surface area contributed by atoms with E-state index in [-0.39, 0.29) is 5.92 Å². The fourth-order valence-electron chi connectivity index (χ4n) is 3.03. The van der Waals surface area contributed by atoms with Gasteiger partial charge in [0.05, 0.1) is 13.2 Å². The van der Waals surface area contributed by atoms with E-state index in [9.17, 15) is 4.79 Å². The van der Waals surface area contributed by atoms with Gasteiger partial charge in [-0.15, -0.1) is 0 Å². The maximum atomic E-state index is 11.2. The maximum absolute atomic E-state index is 11.2. The summed E-state index contributed by atoms with van der Waals surface area (Å²) >= 11 is 0. The summed E-state index contributed by atoms with van der Waals surface area (Å²) in [4.78, 5) is 11.2. The number of ether oxygens (including phenoxy) is 2. The number of rotatable bonds is 4. The molecule has 1 saturated heterocycles. The highest BCUT2D eigenvalue weighted by molar-refractivity contribution is 5.78. The molecule has 2 unspecified atom stereocenters. The molecule has 0 saturated carbocycles. The Kier molecular flexibility index (Phi) is 3.77. The monoisotopic (exact) mass is 272 g/mol. The van der Waals surface area contributed by atoms with Gasteiger partial charge in [-0.1, -0.05) is 31.2 Å². The molecular formula is C17H20O3. The Labute approximate surface area is 119 Å². The number of carbonyl (C=O) groups excluding carboxylic acids is 1. The molecule has 0 N–H and O–H groups in total. The van der Waals surface area contributed by atoms with Gasteiger partial charge in [-0.3, -0.25) is 4.79 Å². The second kappa shape index (κ2) is 5.70. The lowest BCUT2D eigenvalue weighted by Gasteiger charge is -2.25. The van der Waals surface area contributed by atoms with Crippen LogP contribution in [0.4, 0.5) is 0 Å². The predicted molar refractivity (Wildman–Crippen MR) is 76.8 cm³/mol. The molecule has 3 aliphatic rings. The summed E-state index contributed by atoms with van der Waals surface area (Å²) in [6.07, 6.45) is 12.1. The zero-order valence-electron chi connectivity index (χ0n) is 11.8. The molecule has 2 atom stereocenters. The molecule has 1 aliphatic heterocycles. The van der Waals surface area contributed by atoms with Crippen LogP contribution in [0.5, 0.6) is 0 Å². The van der Waals surface area contributed by atoms with Gasteiger partial charge in [-0.05, 0) is 12.3 Å². The summed E-state index contributed by atoms with van der Waals surface area (Å²) in [5.74, 6) is 2.42. The lowest BCUT2D eigenvalue weighted by molar-refractivity contribution is -0.105. The molecule has 0 radical (unpaired) electrons.